The Balaban J connectivity index is 2.03. The summed E-state index contributed by atoms with van der Waals surface area (Å²) in [5.41, 5.74) is 0. The normalized spacial score (nSPS) is 29.2. The zero-order valence-electron chi connectivity index (χ0n) is 10.7. The van der Waals surface area contributed by atoms with E-state index in [1.165, 1.54) is 4.90 Å². The Morgan fingerprint density at radius 3 is 2.78 bits per heavy atom. The van der Waals surface area contributed by atoms with Crippen molar-refractivity contribution in [1.29, 1.82) is 0 Å². The minimum Gasteiger partial charge on any atom is -0.480 e. The van der Waals surface area contributed by atoms with E-state index in [1.807, 2.05) is 6.92 Å². The summed E-state index contributed by atoms with van der Waals surface area (Å²) >= 11 is 0. The van der Waals surface area contributed by atoms with Gasteiger partial charge in [-0.15, -0.1) is 0 Å². The van der Waals surface area contributed by atoms with Gasteiger partial charge in [0.1, 0.15) is 6.04 Å². The molecule has 0 saturated carbocycles. The molecule has 0 aromatic rings. The monoisotopic (exact) mass is 256 g/mol. The number of urea groups is 1. The van der Waals surface area contributed by atoms with Crippen LogP contribution in [0.2, 0.25) is 0 Å². The summed E-state index contributed by atoms with van der Waals surface area (Å²) < 4.78 is 5.49. The maximum Gasteiger partial charge on any atom is 0.326 e. The van der Waals surface area contributed by atoms with E-state index in [4.69, 9.17) is 9.84 Å². The van der Waals surface area contributed by atoms with Crippen LogP contribution in [0.15, 0.2) is 0 Å². The van der Waals surface area contributed by atoms with Crippen molar-refractivity contribution in [2.45, 2.75) is 38.3 Å². The molecule has 2 heterocycles. The first-order chi connectivity index (χ1) is 8.59. The van der Waals surface area contributed by atoms with Gasteiger partial charge in [-0.25, -0.2) is 9.59 Å². The van der Waals surface area contributed by atoms with Crippen molar-refractivity contribution >= 4 is 12.0 Å². The number of carbonyl (C=O) groups excluding carboxylic acids is 1. The summed E-state index contributed by atoms with van der Waals surface area (Å²) in [7, 11) is 0. The lowest BCUT2D eigenvalue weighted by molar-refractivity contribution is -0.141. The molecule has 0 aromatic heterocycles. The van der Waals surface area contributed by atoms with Crippen molar-refractivity contribution < 1.29 is 19.4 Å². The van der Waals surface area contributed by atoms with E-state index in [1.54, 1.807) is 4.90 Å². The molecule has 0 aromatic carbocycles. The Hall–Kier alpha value is -1.30. The van der Waals surface area contributed by atoms with E-state index in [2.05, 4.69) is 0 Å². The lowest BCUT2D eigenvalue weighted by Crippen LogP contribution is -2.49. The molecule has 0 radical (unpaired) electrons. The van der Waals surface area contributed by atoms with Crippen LogP contribution in [0.1, 0.15) is 26.2 Å². The van der Waals surface area contributed by atoms with Crippen LogP contribution in [0, 0.1) is 0 Å². The average molecular weight is 256 g/mol. The molecule has 0 bridgehead atoms. The molecule has 2 rings (SSSR count). The molecule has 18 heavy (non-hydrogen) atoms. The van der Waals surface area contributed by atoms with Crippen LogP contribution in [0.25, 0.3) is 0 Å². The fourth-order valence-electron chi connectivity index (χ4n) is 2.60. The minimum absolute atomic E-state index is 0.0160. The lowest BCUT2D eigenvalue weighted by atomic mass is 10.2. The van der Waals surface area contributed by atoms with Crippen LogP contribution in [0.3, 0.4) is 0 Å². The third kappa shape index (κ3) is 2.75. The van der Waals surface area contributed by atoms with Gasteiger partial charge in [-0.05, 0) is 26.2 Å². The highest BCUT2D eigenvalue weighted by Gasteiger charge is 2.36. The summed E-state index contributed by atoms with van der Waals surface area (Å²) in [5, 5.41) is 9.10. The third-order valence-corrected chi connectivity index (χ3v) is 3.51. The Morgan fingerprint density at radius 1 is 1.28 bits per heavy atom. The largest absolute Gasteiger partial charge is 0.480 e. The SMILES string of the molecule is CC1CN(C(=O)N2CCC[C@@H]2C(=O)O)CCCO1. The number of ether oxygens (including phenoxy) is 1. The Morgan fingerprint density at radius 2 is 2.06 bits per heavy atom. The second kappa shape index (κ2) is 5.56. The molecule has 2 saturated heterocycles. The van der Waals surface area contributed by atoms with E-state index in [9.17, 15) is 9.59 Å². The molecule has 2 fully saturated rings. The first-order valence-corrected chi connectivity index (χ1v) is 6.49. The number of hydrogen-bond donors (Lipinski definition) is 1. The molecule has 0 aliphatic carbocycles. The molecule has 102 valence electrons. The smallest absolute Gasteiger partial charge is 0.326 e. The number of amides is 2. The number of likely N-dealkylation sites (tertiary alicyclic amines) is 1. The molecule has 2 amide bonds. The van der Waals surface area contributed by atoms with Crippen LogP contribution in [0.4, 0.5) is 4.79 Å². The van der Waals surface area contributed by atoms with E-state index >= 15 is 0 Å². The number of hydrogen-bond acceptors (Lipinski definition) is 3. The maximum atomic E-state index is 12.3. The van der Waals surface area contributed by atoms with E-state index in [-0.39, 0.29) is 12.1 Å². The number of rotatable bonds is 1. The summed E-state index contributed by atoms with van der Waals surface area (Å²) in [6, 6.07) is -0.811. The van der Waals surface area contributed by atoms with Gasteiger partial charge in [-0.1, -0.05) is 0 Å². The fraction of sp³-hybridized carbons (Fsp3) is 0.833. The summed E-state index contributed by atoms with van der Waals surface area (Å²) in [6.45, 7) is 4.33. The molecule has 1 N–H and O–H groups in total. The highest BCUT2D eigenvalue weighted by molar-refractivity contribution is 5.83. The lowest BCUT2D eigenvalue weighted by Gasteiger charge is -2.30. The molecule has 2 aliphatic heterocycles. The van der Waals surface area contributed by atoms with E-state index < -0.39 is 12.0 Å². The van der Waals surface area contributed by atoms with Gasteiger partial charge in [-0.3, -0.25) is 0 Å². The molecule has 2 aliphatic rings. The van der Waals surface area contributed by atoms with Crippen molar-refractivity contribution in [1.82, 2.24) is 9.80 Å². The fourth-order valence-corrected chi connectivity index (χ4v) is 2.60. The van der Waals surface area contributed by atoms with Crippen molar-refractivity contribution in [3.05, 3.63) is 0 Å². The predicted octanol–water partition coefficient (Wildman–Crippen LogP) is 0.766. The van der Waals surface area contributed by atoms with Crippen LogP contribution in [-0.2, 0) is 9.53 Å². The van der Waals surface area contributed by atoms with Gasteiger partial charge in [0.05, 0.1) is 6.10 Å². The number of carboxylic acid groups (broad SMARTS) is 1. The summed E-state index contributed by atoms with van der Waals surface area (Å²) in [6.07, 6.45) is 2.15. The van der Waals surface area contributed by atoms with Gasteiger partial charge in [0.2, 0.25) is 0 Å². The topological polar surface area (TPSA) is 70.1 Å². The second-order valence-corrected chi connectivity index (χ2v) is 4.95. The number of aliphatic carboxylic acids is 1. The molecule has 0 spiro atoms. The predicted molar refractivity (Wildman–Crippen MR) is 64.4 cm³/mol. The van der Waals surface area contributed by atoms with Crippen molar-refractivity contribution in [2.24, 2.45) is 0 Å². The summed E-state index contributed by atoms with van der Waals surface area (Å²) in [5.74, 6) is -0.903. The van der Waals surface area contributed by atoms with Crippen molar-refractivity contribution in [2.75, 3.05) is 26.2 Å². The number of carbonyl (C=O) groups is 2. The average Bonchev–Trinajstić information content (AvgIpc) is 2.72. The van der Waals surface area contributed by atoms with Gasteiger partial charge < -0.3 is 19.6 Å². The highest BCUT2D eigenvalue weighted by atomic mass is 16.5. The molecule has 6 nitrogen and oxygen atoms in total. The first kappa shape index (κ1) is 13.1. The summed E-state index contributed by atoms with van der Waals surface area (Å²) in [4.78, 5) is 26.6. The number of nitrogens with zero attached hydrogens (tertiary/aromatic N) is 2. The molecule has 1 unspecified atom stereocenters. The van der Waals surface area contributed by atoms with Gasteiger partial charge in [0, 0.05) is 26.2 Å². The van der Waals surface area contributed by atoms with Crippen LogP contribution >= 0.6 is 0 Å². The van der Waals surface area contributed by atoms with Crippen molar-refractivity contribution in [3.63, 3.8) is 0 Å². The first-order valence-electron chi connectivity index (χ1n) is 6.49. The quantitative estimate of drug-likeness (QED) is 0.752. The van der Waals surface area contributed by atoms with Gasteiger partial charge in [-0.2, -0.15) is 0 Å². The molecule has 6 heteroatoms. The zero-order valence-corrected chi connectivity index (χ0v) is 10.7. The minimum atomic E-state index is -0.903. The Labute approximate surface area is 106 Å². The third-order valence-electron chi connectivity index (χ3n) is 3.51. The van der Waals surface area contributed by atoms with Crippen LogP contribution in [-0.4, -0.2) is 65.3 Å². The molecular formula is C12H20N2O4. The van der Waals surface area contributed by atoms with Crippen molar-refractivity contribution in [3.8, 4) is 0 Å². The Kier molecular flexibility index (Phi) is 4.06. The van der Waals surface area contributed by atoms with Gasteiger partial charge in [0.25, 0.3) is 0 Å². The molecule has 2 atom stereocenters. The van der Waals surface area contributed by atoms with E-state index in [0.29, 0.717) is 32.7 Å². The maximum absolute atomic E-state index is 12.3. The van der Waals surface area contributed by atoms with Gasteiger partial charge >= 0.3 is 12.0 Å². The Bertz CT molecular complexity index is 334. The van der Waals surface area contributed by atoms with Crippen LogP contribution in [0.5, 0.6) is 0 Å². The van der Waals surface area contributed by atoms with E-state index in [0.717, 1.165) is 12.8 Å². The molecular weight excluding hydrogens is 236 g/mol. The second-order valence-electron chi connectivity index (χ2n) is 4.95. The number of carboxylic acids is 1. The zero-order chi connectivity index (χ0) is 13.1. The highest BCUT2D eigenvalue weighted by Crippen LogP contribution is 2.20. The van der Waals surface area contributed by atoms with Crippen LogP contribution < -0.4 is 0 Å². The standard InChI is InChI=1S/C12H20N2O4/c1-9-8-13(5-3-7-18-9)12(17)14-6-2-4-10(14)11(15)16/h9-10H,2-8H2,1H3,(H,15,16)/t9?,10-/m1/s1. The van der Waals surface area contributed by atoms with Gasteiger partial charge in [0.15, 0.2) is 0 Å².